The van der Waals surface area contributed by atoms with Gasteiger partial charge in [-0.3, -0.25) is 0 Å². The summed E-state index contributed by atoms with van der Waals surface area (Å²) in [4.78, 5) is 0. The van der Waals surface area contributed by atoms with E-state index in [0.29, 0.717) is 0 Å². The second-order valence-corrected chi connectivity index (χ2v) is 5.94. The average Bonchev–Trinajstić information content (AvgIpc) is 2.65. The molecular weight excluding hydrogens is 314 g/mol. The number of nitrogens with one attached hydrogen (secondary N) is 1. The van der Waals surface area contributed by atoms with Crippen molar-refractivity contribution in [2.24, 2.45) is 0 Å². The maximum absolute atomic E-state index is 4.24. The summed E-state index contributed by atoms with van der Waals surface area (Å²) in [7, 11) is 1.88. The predicted molar refractivity (Wildman–Crippen MR) is 121 cm³/mol. The Balaban J connectivity index is 0.00000301. The second kappa shape index (κ2) is 12.8. The van der Waals surface area contributed by atoms with E-state index in [-0.39, 0.29) is 0 Å². The van der Waals surface area contributed by atoms with E-state index in [4.69, 9.17) is 0 Å². The highest BCUT2D eigenvalue weighted by atomic mass is 14.8. The van der Waals surface area contributed by atoms with Crippen molar-refractivity contribution in [1.29, 1.82) is 0 Å². The maximum Gasteiger partial charge on any atom is 0.00277 e. The lowest BCUT2D eigenvalue weighted by Gasteiger charge is -2.13. The smallest absolute Gasteiger partial charge is 0.00277 e. The van der Waals surface area contributed by atoms with Gasteiger partial charge >= 0.3 is 0 Å². The van der Waals surface area contributed by atoms with Crippen molar-refractivity contribution in [1.82, 2.24) is 5.32 Å². The summed E-state index contributed by atoms with van der Waals surface area (Å²) in [6.45, 7) is 22.7. The van der Waals surface area contributed by atoms with E-state index < -0.39 is 0 Å². The summed E-state index contributed by atoms with van der Waals surface area (Å²) in [6.07, 6.45) is 10.8. The Hall–Kier alpha value is -2.54. The van der Waals surface area contributed by atoms with Crippen LogP contribution in [0.2, 0.25) is 0 Å². The zero-order valence-corrected chi connectivity index (χ0v) is 17.4. The lowest BCUT2D eigenvalue weighted by molar-refractivity contribution is 1.10. The first kappa shape index (κ1) is 23.5. The molecule has 0 unspecified atom stereocenters. The van der Waals surface area contributed by atoms with Crippen molar-refractivity contribution >= 4 is 11.1 Å². The van der Waals surface area contributed by atoms with Crippen LogP contribution in [0.15, 0.2) is 79.6 Å². The molecule has 0 saturated heterocycles. The molecule has 1 heteroatoms. The van der Waals surface area contributed by atoms with Gasteiger partial charge < -0.3 is 5.32 Å². The molecule has 1 N–H and O–H groups in total. The van der Waals surface area contributed by atoms with E-state index >= 15 is 0 Å². The Bertz CT molecular complexity index is 712. The van der Waals surface area contributed by atoms with E-state index in [9.17, 15) is 0 Å². The van der Waals surface area contributed by atoms with Gasteiger partial charge in [0, 0.05) is 7.05 Å². The minimum Gasteiger partial charge on any atom is -0.394 e. The molecule has 0 fully saturated rings. The highest BCUT2D eigenvalue weighted by Gasteiger charge is 2.07. The first-order chi connectivity index (χ1) is 12.4. The van der Waals surface area contributed by atoms with Gasteiger partial charge in [-0.25, -0.2) is 0 Å². The molecule has 0 aliphatic rings. The molecular formula is C25H35N. The third-order valence-corrected chi connectivity index (χ3v) is 3.90. The lowest BCUT2D eigenvalue weighted by atomic mass is 9.92. The zero-order chi connectivity index (χ0) is 20.1. The third kappa shape index (κ3) is 7.57. The third-order valence-electron chi connectivity index (χ3n) is 3.90. The Morgan fingerprint density at radius 3 is 2.35 bits per heavy atom. The molecule has 1 rings (SSSR count). The number of rotatable bonds is 8. The van der Waals surface area contributed by atoms with Gasteiger partial charge in [0.05, 0.1) is 0 Å². The normalized spacial score (nSPS) is 11.2. The average molecular weight is 350 g/mol. The van der Waals surface area contributed by atoms with Crippen molar-refractivity contribution in [3.63, 3.8) is 0 Å². The van der Waals surface area contributed by atoms with Crippen molar-refractivity contribution in [3.8, 4) is 0 Å². The summed E-state index contributed by atoms with van der Waals surface area (Å²) in [6, 6.07) is 6.44. The minimum atomic E-state index is 0.762. The standard InChI is InChI=1S/C23H29N.C2H6/c1-8-9-10-18(3)21(6)23-12-11-22(16-20(23)5)19(4)15-17(2)13-14-24-7;1-2/h8-14,16,24H,2,4,6,15H2,1,3,5,7H3;1-2H3/b9-8-,14-13-,18-10-;. The van der Waals surface area contributed by atoms with Crippen LogP contribution in [-0.2, 0) is 0 Å². The van der Waals surface area contributed by atoms with Gasteiger partial charge in [-0.15, -0.1) is 0 Å². The molecule has 26 heavy (non-hydrogen) atoms. The maximum atomic E-state index is 4.24. The van der Waals surface area contributed by atoms with Crippen LogP contribution < -0.4 is 5.32 Å². The minimum absolute atomic E-state index is 0.762. The van der Waals surface area contributed by atoms with E-state index in [1.54, 1.807) is 0 Å². The van der Waals surface area contributed by atoms with Gasteiger partial charge in [0.15, 0.2) is 0 Å². The van der Waals surface area contributed by atoms with Crippen molar-refractivity contribution in [3.05, 3.63) is 96.3 Å². The quantitative estimate of drug-likeness (QED) is 0.487. The molecule has 0 aliphatic carbocycles. The number of aryl methyl sites for hydroxylation is 1. The molecule has 0 atom stereocenters. The van der Waals surface area contributed by atoms with Crippen LogP contribution in [0.3, 0.4) is 0 Å². The van der Waals surface area contributed by atoms with Crippen LogP contribution in [0, 0.1) is 6.92 Å². The van der Waals surface area contributed by atoms with Crippen LogP contribution in [0.4, 0.5) is 0 Å². The van der Waals surface area contributed by atoms with Gasteiger partial charge in [-0.2, -0.15) is 0 Å². The zero-order valence-electron chi connectivity index (χ0n) is 17.4. The summed E-state index contributed by atoms with van der Waals surface area (Å²) >= 11 is 0. The molecule has 140 valence electrons. The first-order valence-electron chi connectivity index (χ1n) is 9.20. The van der Waals surface area contributed by atoms with Gasteiger partial charge in [0.2, 0.25) is 0 Å². The van der Waals surface area contributed by atoms with Crippen molar-refractivity contribution in [2.75, 3.05) is 7.05 Å². The monoisotopic (exact) mass is 349 g/mol. The van der Waals surface area contributed by atoms with Crippen LogP contribution >= 0.6 is 0 Å². The Labute approximate surface area is 161 Å². The number of hydrogen-bond donors (Lipinski definition) is 1. The molecule has 0 aliphatic heterocycles. The van der Waals surface area contributed by atoms with Crippen LogP contribution in [-0.4, -0.2) is 7.05 Å². The second-order valence-electron chi connectivity index (χ2n) is 5.94. The summed E-state index contributed by atoms with van der Waals surface area (Å²) in [5.74, 6) is 0. The SMILES string of the molecule is C=C(/C=C\NC)CC(=C)c1ccc(C(=C)/C(C)=C\C=C/C)c(C)c1.CC. The molecule has 1 aromatic rings. The molecule has 0 bridgehead atoms. The summed E-state index contributed by atoms with van der Waals surface area (Å²) in [5, 5.41) is 2.97. The molecule has 1 nitrogen and oxygen atoms in total. The highest BCUT2D eigenvalue weighted by Crippen LogP contribution is 2.28. The predicted octanol–water partition coefficient (Wildman–Crippen LogP) is 7.25. The fourth-order valence-electron chi connectivity index (χ4n) is 2.41. The van der Waals surface area contributed by atoms with Crippen LogP contribution in [0.25, 0.3) is 11.1 Å². The molecule has 0 saturated carbocycles. The van der Waals surface area contributed by atoms with E-state index in [1.165, 1.54) is 16.7 Å². The van der Waals surface area contributed by atoms with Crippen LogP contribution in [0.1, 0.15) is 50.8 Å². The largest absolute Gasteiger partial charge is 0.394 e. The Kier molecular flexibility index (Phi) is 11.5. The first-order valence-corrected chi connectivity index (χ1v) is 9.20. The molecule has 0 aromatic heterocycles. The number of hydrogen-bond acceptors (Lipinski definition) is 1. The Morgan fingerprint density at radius 2 is 1.81 bits per heavy atom. The fraction of sp³-hybridized carbons (Fsp3) is 0.280. The van der Waals surface area contributed by atoms with E-state index in [1.807, 2.05) is 52.2 Å². The van der Waals surface area contributed by atoms with Gasteiger partial charge in [0.25, 0.3) is 0 Å². The van der Waals surface area contributed by atoms with Gasteiger partial charge in [-0.05, 0) is 78.5 Å². The van der Waals surface area contributed by atoms with Crippen LogP contribution in [0.5, 0.6) is 0 Å². The molecule has 0 radical (unpaired) electrons. The molecule has 0 heterocycles. The van der Waals surface area contributed by atoms with Gasteiger partial charge in [-0.1, -0.05) is 70.0 Å². The molecule has 0 spiro atoms. The number of allylic oxidation sites excluding steroid dienone is 8. The molecule has 0 amide bonds. The van der Waals surface area contributed by atoms with Crippen molar-refractivity contribution < 1.29 is 0 Å². The van der Waals surface area contributed by atoms with E-state index in [0.717, 1.165) is 28.7 Å². The Morgan fingerprint density at radius 1 is 1.15 bits per heavy atom. The fourth-order valence-corrected chi connectivity index (χ4v) is 2.41. The van der Waals surface area contributed by atoms with Gasteiger partial charge in [0.1, 0.15) is 0 Å². The highest BCUT2D eigenvalue weighted by molar-refractivity contribution is 5.80. The topological polar surface area (TPSA) is 12.0 Å². The number of benzene rings is 1. The lowest BCUT2D eigenvalue weighted by Crippen LogP contribution is -1.94. The van der Waals surface area contributed by atoms with E-state index in [2.05, 4.69) is 63.2 Å². The van der Waals surface area contributed by atoms with Crippen molar-refractivity contribution in [2.45, 2.75) is 41.0 Å². The summed E-state index contributed by atoms with van der Waals surface area (Å²) < 4.78 is 0. The molecule has 1 aromatic carbocycles. The summed E-state index contributed by atoms with van der Waals surface area (Å²) in [5.41, 5.74) is 7.88.